The van der Waals surface area contributed by atoms with Crippen LogP contribution in [0, 0.1) is 5.41 Å². The molecule has 0 radical (unpaired) electrons. The van der Waals surface area contributed by atoms with Crippen LogP contribution in [0.2, 0.25) is 0 Å². The molecule has 2 aromatic rings. The first-order chi connectivity index (χ1) is 16.1. The lowest BCUT2D eigenvalue weighted by Gasteiger charge is -2.32. The topological polar surface area (TPSA) is 9.23 Å². The quantitative estimate of drug-likeness (QED) is 0.260. The van der Waals surface area contributed by atoms with Crippen molar-refractivity contribution in [2.45, 2.75) is 77.7 Å². The van der Waals surface area contributed by atoms with Crippen LogP contribution >= 0.6 is 0 Å². The van der Waals surface area contributed by atoms with Crippen LogP contribution in [-0.4, -0.2) is 13.2 Å². The number of alkyl halides is 2. The molecule has 0 fully saturated rings. The maximum atomic E-state index is 12.8. The number of rotatable bonds is 14. The van der Waals surface area contributed by atoms with Crippen LogP contribution in [0.3, 0.4) is 0 Å². The monoisotopic (exact) mass is 452 g/mol. The van der Waals surface area contributed by atoms with Crippen LogP contribution in [0.4, 0.5) is 8.78 Å². The lowest BCUT2D eigenvalue weighted by atomic mass is 9.75. The lowest BCUT2D eigenvalue weighted by Crippen LogP contribution is -2.28. The first-order valence-corrected chi connectivity index (χ1v) is 12.5. The number of halogens is 2. The van der Waals surface area contributed by atoms with Gasteiger partial charge in [-0.2, -0.15) is 8.78 Å². The minimum absolute atomic E-state index is 0.0376. The summed E-state index contributed by atoms with van der Waals surface area (Å²) in [5.41, 5.74) is 4.54. The third-order valence-electron chi connectivity index (χ3n) is 6.70. The molecular weight excluding hydrogens is 414 g/mol. The normalized spacial score (nSPS) is 18.0. The van der Waals surface area contributed by atoms with Crippen molar-refractivity contribution in [3.8, 4) is 0 Å². The van der Waals surface area contributed by atoms with Crippen LogP contribution in [0.1, 0.15) is 75.0 Å². The standard InChI is InChI=1S/C30H38F2O/c1-2-3-4-5-6-8-11-25-14-16-26(17-15-25)18-21-30(24-33-29(31)32)22-19-28(20-23-30)27-12-9-7-10-13-27/h7,9-10,12-17,19-20,22,29H,2-6,8,11,18,21,23-24H2,1H3. The van der Waals surface area contributed by atoms with E-state index in [0.29, 0.717) is 6.42 Å². The van der Waals surface area contributed by atoms with E-state index in [1.807, 2.05) is 18.2 Å². The summed E-state index contributed by atoms with van der Waals surface area (Å²) in [6.45, 7) is -0.454. The van der Waals surface area contributed by atoms with Crippen molar-refractivity contribution in [2.75, 3.05) is 6.61 Å². The molecule has 1 aliphatic rings. The Labute approximate surface area is 198 Å². The molecular formula is C30H38F2O. The highest BCUT2D eigenvalue weighted by molar-refractivity contribution is 5.75. The largest absolute Gasteiger partial charge is 0.345 e. The van der Waals surface area contributed by atoms with Gasteiger partial charge in [-0.3, -0.25) is 0 Å². The Morgan fingerprint density at radius 3 is 2.15 bits per heavy atom. The Balaban J connectivity index is 1.54. The van der Waals surface area contributed by atoms with Gasteiger partial charge in [-0.15, -0.1) is 0 Å². The summed E-state index contributed by atoms with van der Waals surface area (Å²) in [6.07, 6.45) is 17.7. The highest BCUT2D eigenvalue weighted by Gasteiger charge is 2.30. The second-order valence-electron chi connectivity index (χ2n) is 9.33. The van der Waals surface area contributed by atoms with Gasteiger partial charge in [0.1, 0.15) is 0 Å². The lowest BCUT2D eigenvalue weighted by molar-refractivity contribution is -0.147. The molecule has 2 aromatic carbocycles. The summed E-state index contributed by atoms with van der Waals surface area (Å²) in [7, 11) is 0. The second-order valence-corrected chi connectivity index (χ2v) is 9.33. The molecule has 0 spiro atoms. The van der Waals surface area contributed by atoms with Gasteiger partial charge in [0.05, 0.1) is 6.61 Å². The van der Waals surface area contributed by atoms with Gasteiger partial charge in [-0.05, 0) is 54.4 Å². The summed E-state index contributed by atoms with van der Waals surface area (Å²) in [6, 6.07) is 19.0. The van der Waals surface area contributed by atoms with Gasteiger partial charge >= 0.3 is 6.61 Å². The van der Waals surface area contributed by atoms with E-state index < -0.39 is 12.0 Å². The zero-order valence-electron chi connectivity index (χ0n) is 19.9. The molecule has 0 aromatic heterocycles. The summed E-state index contributed by atoms with van der Waals surface area (Å²) in [4.78, 5) is 0. The van der Waals surface area contributed by atoms with Crippen LogP contribution in [0.25, 0.3) is 5.57 Å². The minimum atomic E-state index is -2.74. The summed E-state index contributed by atoms with van der Waals surface area (Å²) in [5.74, 6) is 0. The fourth-order valence-electron chi connectivity index (χ4n) is 4.53. The van der Waals surface area contributed by atoms with Gasteiger partial charge in [0.25, 0.3) is 0 Å². The van der Waals surface area contributed by atoms with Crippen molar-refractivity contribution < 1.29 is 13.5 Å². The van der Waals surface area contributed by atoms with E-state index in [0.717, 1.165) is 30.4 Å². The maximum absolute atomic E-state index is 12.8. The average molecular weight is 453 g/mol. The highest BCUT2D eigenvalue weighted by Crippen LogP contribution is 2.38. The van der Waals surface area contributed by atoms with Crippen molar-refractivity contribution in [3.63, 3.8) is 0 Å². The molecule has 1 nitrogen and oxygen atoms in total. The fourth-order valence-corrected chi connectivity index (χ4v) is 4.53. The second kappa shape index (κ2) is 13.4. The minimum Gasteiger partial charge on any atom is -0.322 e. The molecule has 0 amide bonds. The van der Waals surface area contributed by atoms with Gasteiger partial charge in [0.15, 0.2) is 0 Å². The van der Waals surface area contributed by atoms with Crippen molar-refractivity contribution >= 4 is 5.57 Å². The van der Waals surface area contributed by atoms with E-state index in [1.165, 1.54) is 49.7 Å². The molecule has 178 valence electrons. The smallest absolute Gasteiger partial charge is 0.322 e. The SMILES string of the molecule is CCCCCCCCc1ccc(CCC2(COC(F)F)C=CC(c3ccccc3)=CC2)cc1. The first kappa shape index (κ1) is 25.4. The number of aryl methyl sites for hydroxylation is 2. The molecule has 3 rings (SSSR count). The van der Waals surface area contributed by atoms with Gasteiger partial charge in [-0.25, -0.2) is 0 Å². The van der Waals surface area contributed by atoms with Crippen LogP contribution in [0.5, 0.6) is 0 Å². The Kier molecular flexibility index (Phi) is 10.3. The van der Waals surface area contributed by atoms with Crippen molar-refractivity contribution in [1.29, 1.82) is 0 Å². The molecule has 33 heavy (non-hydrogen) atoms. The Morgan fingerprint density at radius 1 is 0.848 bits per heavy atom. The number of ether oxygens (including phenoxy) is 1. The molecule has 0 heterocycles. The third kappa shape index (κ3) is 8.55. The van der Waals surface area contributed by atoms with Gasteiger partial charge in [0, 0.05) is 5.41 Å². The van der Waals surface area contributed by atoms with Gasteiger partial charge in [-0.1, -0.05) is 112 Å². The van der Waals surface area contributed by atoms with Gasteiger partial charge in [0.2, 0.25) is 0 Å². The molecule has 0 bridgehead atoms. The van der Waals surface area contributed by atoms with E-state index in [4.69, 9.17) is 4.74 Å². The summed E-state index contributed by atoms with van der Waals surface area (Å²) < 4.78 is 30.5. The highest BCUT2D eigenvalue weighted by atomic mass is 19.3. The predicted octanol–water partition coefficient (Wildman–Crippen LogP) is 8.79. The Hall–Kier alpha value is -2.26. The fraction of sp³-hybridized carbons (Fsp3) is 0.467. The molecule has 0 aliphatic heterocycles. The van der Waals surface area contributed by atoms with Crippen LogP contribution < -0.4 is 0 Å². The van der Waals surface area contributed by atoms with E-state index >= 15 is 0 Å². The van der Waals surface area contributed by atoms with Crippen molar-refractivity contribution in [2.24, 2.45) is 5.41 Å². The number of unbranched alkanes of at least 4 members (excludes halogenated alkanes) is 5. The van der Waals surface area contributed by atoms with Crippen LogP contribution in [0.15, 0.2) is 72.8 Å². The molecule has 0 saturated heterocycles. The van der Waals surface area contributed by atoms with Gasteiger partial charge < -0.3 is 4.74 Å². The number of hydrogen-bond donors (Lipinski definition) is 0. The van der Waals surface area contributed by atoms with E-state index in [2.05, 4.69) is 61.5 Å². The van der Waals surface area contributed by atoms with E-state index in [9.17, 15) is 8.78 Å². The Morgan fingerprint density at radius 2 is 1.52 bits per heavy atom. The number of allylic oxidation sites excluding steroid dienone is 3. The Bertz CT molecular complexity index is 870. The number of benzene rings is 2. The molecule has 0 N–H and O–H groups in total. The summed E-state index contributed by atoms with van der Waals surface area (Å²) in [5, 5.41) is 0. The maximum Gasteiger partial charge on any atom is 0.345 e. The zero-order valence-corrected chi connectivity index (χ0v) is 19.9. The predicted molar refractivity (Wildman–Crippen MR) is 134 cm³/mol. The average Bonchev–Trinajstić information content (AvgIpc) is 2.85. The molecule has 3 heteroatoms. The molecule has 0 saturated carbocycles. The summed E-state index contributed by atoms with van der Waals surface area (Å²) >= 11 is 0. The third-order valence-corrected chi connectivity index (χ3v) is 6.70. The number of hydrogen-bond acceptors (Lipinski definition) is 1. The van der Waals surface area contributed by atoms with Crippen LogP contribution in [-0.2, 0) is 17.6 Å². The van der Waals surface area contributed by atoms with E-state index in [-0.39, 0.29) is 6.61 Å². The zero-order chi connectivity index (χ0) is 23.4. The molecule has 1 aliphatic carbocycles. The molecule has 1 atom stereocenters. The van der Waals surface area contributed by atoms with Crippen molar-refractivity contribution in [3.05, 3.63) is 89.5 Å². The molecule has 1 unspecified atom stereocenters. The van der Waals surface area contributed by atoms with Crippen molar-refractivity contribution in [1.82, 2.24) is 0 Å². The van der Waals surface area contributed by atoms with E-state index in [1.54, 1.807) is 0 Å². The first-order valence-electron chi connectivity index (χ1n) is 12.5.